The van der Waals surface area contributed by atoms with Gasteiger partial charge >= 0.3 is 5.97 Å². The number of hydrogen-bond donors (Lipinski definition) is 1. The van der Waals surface area contributed by atoms with Crippen molar-refractivity contribution >= 4 is 51.1 Å². The molecule has 1 aromatic heterocycles. The number of para-hydroxylation sites is 1. The molecule has 1 N–H and O–H groups in total. The average Bonchev–Trinajstić information content (AvgIpc) is 2.98. The summed E-state index contributed by atoms with van der Waals surface area (Å²) in [5, 5.41) is 12.5. The third-order valence-corrected chi connectivity index (χ3v) is 6.18. The lowest BCUT2D eigenvalue weighted by Crippen LogP contribution is -2.05. The van der Waals surface area contributed by atoms with Crippen molar-refractivity contribution in [3.05, 3.63) is 76.3 Å². The summed E-state index contributed by atoms with van der Waals surface area (Å²) < 4.78 is 2.30. The molecule has 0 unspecified atom stereocenters. The molecule has 0 spiro atoms. The maximum Gasteiger partial charge on any atom is 0.307 e. The molecule has 3 nitrogen and oxygen atoms in total. The van der Waals surface area contributed by atoms with E-state index in [4.69, 9.17) is 11.6 Å². The first-order valence-electron chi connectivity index (χ1n) is 9.03. The van der Waals surface area contributed by atoms with Crippen molar-refractivity contribution in [2.75, 3.05) is 6.26 Å². The zero-order valence-electron chi connectivity index (χ0n) is 15.7. The summed E-state index contributed by atoms with van der Waals surface area (Å²) in [5.74, 6) is -0.811. The van der Waals surface area contributed by atoms with Crippen LogP contribution in [0.5, 0.6) is 0 Å². The Labute approximate surface area is 172 Å². The molecule has 3 aromatic carbocycles. The van der Waals surface area contributed by atoms with E-state index in [1.807, 2.05) is 42.7 Å². The van der Waals surface area contributed by atoms with Crippen LogP contribution in [0.25, 0.3) is 21.8 Å². The highest BCUT2D eigenvalue weighted by Gasteiger charge is 2.20. The lowest BCUT2D eigenvalue weighted by Gasteiger charge is -2.14. The quantitative estimate of drug-likeness (QED) is 0.402. The molecule has 0 aliphatic carbocycles. The molecular weight excluding hydrogens is 390 g/mol. The molecule has 0 atom stereocenters. The second kappa shape index (κ2) is 7.53. The first-order valence-corrected chi connectivity index (χ1v) is 10.6. The van der Waals surface area contributed by atoms with Crippen LogP contribution in [-0.4, -0.2) is 21.9 Å². The lowest BCUT2D eigenvalue weighted by molar-refractivity contribution is -0.136. The van der Waals surface area contributed by atoms with E-state index in [-0.39, 0.29) is 6.42 Å². The molecule has 0 bridgehead atoms. The number of carboxylic acid groups (broad SMARTS) is 1. The highest BCUT2D eigenvalue weighted by atomic mass is 35.5. The Kier molecular flexibility index (Phi) is 5.09. The van der Waals surface area contributed by atoms with Crippen LogP contribution in [0.1, 0.15) is 16.7 Å². The van der Waals surface area contributed by atoms with E-state index in [0.717, 1.165) is 37.6 Å². The minimum absolute atomic E-state index is 0.0232. The van der Waals surface area contributed by atoms with Crippen LogP contribution in [0.3, 0.4) is 0 Å². The molecule has 4 aromatic rings. The summed E-state index contributed by atoms with van der Waals surface area (Å²) in [4.78, 5) is 12.5. The molecule has 4 rings (SSSR count). The maximum absolute atomic E-state index is 11.4. The second-order valence-electron chi connectivity index (χ2n) is 6.91. The number of benzene rings is 3. The van der Waals surface area contributed by atoms with Crippen LogP contribution in [0.4, 0.5) is 0 Å². The Morgan fingerprint density at radius 2 is 1.86 bits per heavy atom. The first-order chi connectivity index (χ1) is 13.5. The largest absolute Gasteiger partial charge is 0.481 e. The fourth-order valence-electron chi connectivity index (χ4n) is 3.95. The highest BCUT2D eigenvalue weighted by Crippen LogP contribution is 2.39. The molecule has 142 valence electrons. The van der Waals surface area contributed by atoms with Gasteiger partial charge in [-0.2, -0.15) is 0 Å². The van der Waals surface area contributed by atoms with E-state index in [0.29, 0.717) is 6.54 Å². The molecule has 0 aliphatic heterocycles. The van der Waals surface area contributed by atoms with Gasteiger partial charge in [-0.25, -0.2) is 0 Å². The number of hydrogen-bond acceptors (Lipinski definition) is 2. The van der Waals surface area contributed by atoms with Gasteiger partial charge in [0.15, 0.2) is 0 Å². The summed E-state index contributed by atoms with van der Waals surface area (Å²) >= 11 is 7.67. The Morgan fingerprint density at radius 1 is 1.14 bits per heavy atom. The van der Waals surface area contributed by atoms with Crippen molar-refractivity contribution in [2.24, 2.45) is 0 Å². The summed E-state index contributed by atoms with van der Waals surface area (Å²) in [7, 11) is 0. The summed E-state index contributed by atoms with van der Waals surface area (Å²) in [6.45, 7) is 2.77. The van der Waals surface area contributed by atoms with E-state index in [9.17, 15) is 9.90 Å². The van der Waals surface area contributed by atoms with E-state index in [1.165, 1.54) is 10.8 Å². The number of rotatable bonds is 5. The van der Waals surface area contributed by atoms with Crippen LogP contribution >= 0.6 is 23.4 Å². The van der Waals surface area contributed by atoms with Crippen molar-refractivity contribution in [3.63, 3.8) is 0 Å². The second-order valence-corrected chi connectivity index (χ2v) is 8.16. The monoisotopic (exact) mass is 409 g/mol. The smallest absolute Gasteiger partial charge is 0.307 e. The van der Waals surface area contributed by atoms with E-state index in [1.54, 1.807) is 11.8 Å². The maximum atomic E-state index is 11.4. The summed E-state index contributed by atoms with van der Waals surface area (Å²) in [5.41, 5.74) is 5.39. The molecule has 5 heteroatoms. The Bertz CT molecular complexity index is 1200. The molecule has 0 radical (unpaired) electrons. The minimum atomic E-state index is -0.811. The fraction of sp³-hybridized carbons (Fsp3) is 0.174. The predicted octanol–water partition coefficient (Wildman–Crippen LogP) is 6.15. The Hall–Kier alpha value is -2.43. The van der Waals surface area contributed by atoms with E-state index >= 15 is 0 Å². The van der Waals surface area contributed by atoms with Gasteiger partial charge in [0.25, 0.3) is 0 Å². The third kappa shape index (κ3) is 3.27. The van der Waals surface area contributed by atoms with Crippen LogP contribution in [0, 0.1) is 6.92 Å². The van der Waals surface area contributed by atoms with Gasteiger partial charge in [-0.15, -0.1) is 11.8 Å². The lowest BCUT2D eigenvalue weighted by atomic mass is 10.0. The van der Waals surface area contributed by atoms with Crippen LogP contribution < -0.4 is 0 Å². The van der Waals surface area contributed by atoms with Crippen molar-refractivity contribution < 1.29 is 9.90 Å². The number of nitrogens with zero attached hydrogens (tertiary/aromatic N) is 1. The van der Waals surface area contributed by atoms with Crippen LogP contribution in [0.15, 0.2) is 59.5 Å². The molecule has 28 heavy (non-hydrogen) atoms. The third-order valence-electron chi connectivity index (χ3n) is 5.06. The predicted molar refractivity (Wildman–Crippen MR) is 118 cm³/mol. The molecule has 1 heterocycles. The van der Waals surface area contributed by atoms with Crippen molar-refractivity contribution in [1.29, 1.82) is 0 Å². The number of halogens is 1. The number of carbonyl (C=O) groups is 1. The van der Waals surface area contributed by atoms with Gasteiger partial charge in [-0.05, 0) is 48.1 Å². The normalized spacial score (nSPS) is 11.4. The van der Waals surface area contributed by atoms with Gasteiger partial charge in [0.05, 0.1) is 11.9 Å². The zero-order chi connectivity index (χ0) is 19.8. The highest BCUT2D eigenvalue weighted by molar-refractivity contribution is 7.98. The molecular formula is C23H20ClNO2S. The Balaban J connectivity index is 2.06. The molecule has 0 saturated carbocycles. The van der Waals surface area contributed by atoms with Gasteiger partial charge in [0.2, 0.25) is 0 Å². The number of fused-ring (bicyclic) bond motifs is 3. The van der Waals surface area contributed by atoms with Gasteiger partial charge in [0, 0.05) is 32.8 Å². The SMILES string of the molecule is CSc1c(CC(=O)O)cc(C)c2c3ccccc3n(Cc3ccc(Cl)cc3)c12. The van der Waals surface area contributed by atoms with Crippen molar-refractivity contribution in [1.82, 2.24) is 4.57 Å². The number of thioether (sulfide) groups is 1. The summed E-state index contributed by atoms with van der Waals surface area (Å²) in [6, 6.07) is 18.3. The topological polar surface area (TPSA) is 42.2 Å². The average molecular weight is 410 g/mol. The van der Waals surface area contributed by atoms with Crippen LogP contribution in [0.2, 0.25) is 5.02 Å². The van der Waals surface area contributed by atoms with E-state index in [2.05, 4.69) is 29.7 Å². The number of aryl methyl sites for hydroxylation is 1. The van der Waals surface area contributed by atoms with Gasteiger partial charge in [-0.1, -0.05) is 48.0 Å². The van der Waals surface area contributed by atoms with Gasteiger partial charge in [0.1, 0.15) is 0 Å². The summed E-state index contributed by atoms with van der Waals surface area (Å²) in [6.07, 6.45) is 2.04. The molecule has 0 fully saturated rings. The standard InChI is InChI=1S/C23H20ClNO2S/c1-14-11-16(12-20(26)27)23(28-2)22-21(14)18-5-3-4-6-19(18)25(22)13-15-7-9-17(24)10-8-15/h3-11H,12-13H2,1-2H3,(H,26,27). The van der Waals surface area contributed by atoms with E-state index < -0.39 is 5.97 Å². The molecule has 0 amide bonds. The van der Waals surface area contributed by atoms with Crippen LogP contribution in [-0.2, 0) is 17.8 Å². The fourth-order valence-corrected chi connectivity index (χ4v) is 4.87. The van der Waals surface area contributed by atoms with Crippen molar-refractivity contribution in [3.8, 4) is 0 Å². The zero-order valence-corrected chi connectivity index (χ0v) is 17.3. The molecule has 0 aliphatic rings. The molecule has 0 saturated heterocycles. The van der Waals surface area contributed by atoms with Crippen molar-refractivity contribution in [2.45, 2.75) is 24.8 Å². The number of aliphatic carboxylic acids is 1. The number of carboxylic acids is 1. The minimum Gasteiger partial charge on any atom is -0.481 e. The first kappa shape index (κ1) is 18.9. The number of aromatic nitrogens is 1. The van der Waals surface area contributed by atoms with Gasteiger partial charge in [-0.3, -0.25) is 4.79 Å². The van der Waals surface area contributed by atoms with Gasteiger partial charge < -0.3 is 9.67 Å². The Morgan fingerprint density at radius 3 is 2.54 bits per heavy atom.